The lowest BCUT2D eigenvalue weighted by molar-refractivity contribution is 0.157. The highest BCUT2D eigenvalue weighted by Crippen LogP contribution is 2.09. The van der Waals surface area contributed by atoms with E-state index in [4.69, 9.17) is 4.74 Å². The minimum absolute atomic E-state index is 0.705. The first kappa shape index (κ1) is 14.7. The molecule has 0 fully saturated rings. The first-order valence-electron chi connectivity index (χ1n) is 6.60. The SMILES string of the molecule is C=CCOCCCCCCCCCCC. The summed E-state index contributed by atoms with van der Waals surface area (Å²) in [4.78, 5) is 0. The van der Waals surface area contributed by atoms with Gasteiger partial charge in [-0.05, 0) is 6.42 Å². The van der Waals surface area contributed by atoms with Gasteiger partial charge in [-0.15, -0.1) is 6.58 Å². The molecule has 0 unspecified atom stereocenters. The van der Waals surface area contributed by atoms with Gasteiger partial charge < -0.3 is 4.74 Å². The van der Waals surface area contributed by atoms with Crippen molar-refractivity contribution >= 4 is 0 Å². The Hall–Kier alpha value is -0.300. The van der Waals surface area contributed by atoms with Crippen LogP contribution in [0, 0.1) is 0 Å². The van der Waals surface area contributed by atoms with Gasteiger partial charge in [0.1, 0.15) is 0 Å². The molecular weight excluding hydrogens is 184 g/mol. The van der Waals surface area contributed by atoms with Crippen LogP contribution in [0.5, 0.6) is 0 Å². The molecule has 0 spiro atoms. The maximum absolute atomic E-state index is 5.32. The monoisotopic (exact) mass is 212 g/mol. The molecule has 1 nitrogen and oxygen atoms in total. The predicted octanol–water partition coefficient (Wildman–Crippen LogP) is 4.72. The largest absolute Gasteiger partial charge is 0.377 e. The van der Waals surface area contributed by atoms with E-state index in [1.807, 2.05) is 6.08 Å². The van der Waals surface area contributed by atoms with Crippen LogP contribution in [-0.2, 0) is 4.74 Å². The Morgan fingerprint density at radius 1 is 0.867 bits per heavy atom. The zero-order chi connectivity index (χ0) is 11.2. The number of rotatable bonds is 12. The maximum Gasteiger partial charge on any atom is 0.0644 e. The molecule has 0 aliphatic heterocycles. The summed E-state index contributed by atoms with van der Waals surface area (Å²) in [5.41, 5.74) is 0. The molecule has 0 aromatic heterocycles. The summed E-state index contributed by atoms with van der Waals surface area (Å²) < 4.78 is 5.32. The normalized spacial score (nSPS) is 10.5. The molecule has 0 aromatic carbocycles. The van der Waals surface area contributed by atoms with E-state index in [2.05, 4.69) is 13.5 Å². The minimum Gasteiger partial charge on any atom is -0.377 e. The molecule has 1 heteroatoms. The summed E-state index contributed by atoms with van der Waals surface area (Å²) >= 11 is 0. The summed E-state index contributed by atoms with van der Waals surface area (Å²) in [7, 11) is 0. The van der Waals surface area contributed by atoms with Gasteiger partial charge in [-0.3, -0.25) is 0 Å². The van der Waals surface area contributed by atoms with Crippen molar-refractivity contribution in [2.45, 2.75) is 64.7 Å². The highest BCUT2D eigenvalue weighted by atomic mass is 16.5. The van der Waals surface area contributed by atoms with Crippen LogP contribution in [0.25, 0.3) is 0 Å². The zero-order valence-electron chi connectivity index (χ0n) is 10.5. The van der Waals surface area contributed by atoms with Gasteiger partial charge in [0.2, 0.25) is 0 Å². The van der Waals surface area contributed by atoms with Crippen LogP contribution >= 0.6 is 0 Å². The maximum atomic E-state index is 5.32. The van der Waals surface area contributed by atoms with E-state index in [-0.39, 0.29) is 0 Å². The second kappa shape index (κ2) is 13.7. The van der Waals surface area contributed by atoms with E-state index in [1.54, 1.807) is 0 Å². The van der Waals surface area contributed by atoms with Gasteiger partial charge in [-0.2, -0.15) is 0 Å². The molecule has 0 N–H and O–H groups in total. The summed E-state index contributed by atoms with van der Waals surface area (Å²) in [6.07, 6.45) is 14.2. The third kappa shape index (κ3) is 13.7. The van der Waals surface area contributed by atoms with Gasteiger partial charge in [-0.1, -0.05) is 64.4 Å². The van der Waals surface area contributed by atoms with Crippen molar-refractivity contribution in [2.75, 3.05) is 13.2 Å². The lowest BCUT2D eigenvalue weighted by Gasteiger charge is -2.02. The fourth-order valence-electron chi connectivity index (χ4n) is 1.68. The molecule has 0 amide bonds. The summed E-state index contributed by atoms with van der Waals surface area (Å²) in [5, 5.41) is 0. The molecule has 0 heterocycles. The molecule has 0 atom stereocenters. The van der Waals surface area contributed by atoms with Crippen molar-refractivity contribution in [3.05, 3.63) is 12.7 Å². The smallest absolute Gasteiger partial charge is 0.0644 e. The Kier molecular flexibility index (Phi) is 13.4. The Morgan fingerprint density at radius 3 is 1.93 bits per heavy atom. The number of hydrogen-bond acceptors (Lipinski definition) is 1. The number of ether oxygens (including phenoxy) is 1. The van der Waals surface area contributed by atoms with E-state index >= 15 is 0 Å². The van der Waals surface area contributed by atoms with Gasteiger partial charge >= 0.3 is 0 Å². The summed E-state index contributed by atoms with van der Waals surface area (Å²) in [5.74, 6) is 0. The molecular formula is C14H28O. The molecule has 0 aliphatic rings. The van der Waals surface area contributed by atoms with Crippen molar-refractivity contribution in [3.63, 3.8) is 0 Å². The third-order valence-corrected chi connectivity index (χ3v) is 2.63. The Labute approximate surface area is 95.9 Å². The van der Waals surface area contributed by atoms with Gasteiger partial charge in [-0.25, -0.2) is 0 Å². The molecule has 0 saturated carbocycles. The molecule has 0 aromatic rings. The molecule has 0 bridgehead atoms. The Bertz CT molecular complexity index is 121. The molecule has 0 saturated heterocycles. The van der Waals surface area contributed by atoms with E-state index in [0.717, 1.165) is 6.61 Å². The standard InChI is InChI=1S/C14H28O/c1-3-5-6-7-8-9-10-11-12-14-15-13-4-2/h4H,2-3,5-14H2,1H3. The minimum atomic E-state index is 0.705. The molecule has 0 rings (SSSR count). The van der Waals surface area contributed by atoms with Gasteiger partial charge in [0.15, 0.2) is 0 Å². The van der Waals surface area contributed by atoms with Crippen LogP contribution < -0.4 is 0 Å². The van der Waals surface area contributed by atoms with Crippen molar-refractivity contribution in [3.8, 4) is 0 Å². The lowest BCUT2D eigenvalue weighted by Crippen LogP contribution is -1.93. The average Bonchev–Trinajstić information content (AvgIpc) is 2.26. The predicted molar refractivity (Wildman–Crippen MR) is 68.2 cm³/mol. The Balaban J connectivity index is 2.83. The molecule has 15 heavy (non-hydrogen) atoms. The third-order valence-electron chi connectivity index (χ3n) is 2.63. The fraction of sp³-hybridized carbons (Fsp3) is 0.857. The van der Waals surface area contributed by atoms with Gasteiger partial charge in [0.05, 0.1) is 6.61 Å². The van der Waals surface area contributed by atoms with E-state index < -0.39 is 0 Å². The fourth-order valence-corrected chi connectivity index (χ4v) is 1.68. The van der Waals surface area contributed by atoms with Crippen LogP contribution in [0.4, 0.5) is 0 Å². The van der Waals surface area contributed by atoms with Crippen molar-refractivity contribution in [1.29, 1.82) is 0 Å². The first-order chi connectivity index (χ1) is 7.41. The highest BCUT2D eigenvalue weighted by Gasteiger charge is 1.91. The topological polar surface area (TPSA) is 9.23 Å². The van der Waals surface area contributed by atoms with Crippen LogP contribution in [0.15, 0.2) is 12.7 Å². The second-order valence-electron chi connectivity index (χ2n) is 4.19. The quantitative estimate of drug-likeness (QED) is 0.336. The van der Waals surface area contributed by atoms with Crippen molar-refractivity contribution in [1.82, 2.24) is 0 Å². The number of hydrogen-bond donors (Lipinski definition) is 0. The van der Waals surface area contributed by atoms with E-state index in [9.17, 15) is 0 Å². The Morgan fingerprint density at radius 2 is 1.40 bits per heavy atom. The van der Waals surface area contributed by atoms with E-state index in [0.29, 0.717) is 6.61 Å². The van der Waals surface area contributed by atoms with Crippen LogP contribution in [0.3, 0.4) is 0 Å². The molecule has 0 radical (unpaired) electrons. The zero-order valence-corrected chi connectivity index (χ0v) is 10.5. The molecule has 90 valence electrons. The van der Waals surface area contributed by atoms with Crippen LogP contribution in [0.2, 0.25) is 0 Å². The van der Waals surface area contributed by atoms with Crippen LogP contribution in [0.1, 0.15) is 64.7 Å². The highest BCUT2D eigenvalue weighted by molar-refractivity contribution is 4.63. The van der Waals surface area contributed by atoms with Gasteiger partial charge in [0, 0.05) is 6.61 Å². The van der Waals surface area contributed by atoms with Crippen LogP contribution in [-0.4, -0.2) is 13.2 Å². The first-order valence-corrected chi connectivity index (χ1v) is 6.60. The summed E-state index contributed by atoms with van der Waals surface area (Å²) in [6.45, 7) is 7.50. The van der Waals surface area contributed by atoms with Gasteiger partial charge in [0.25, 0.3) is 0 Å². The van der Waals surface area contributed by atoms with Crippen molar-refractivity contribution in [2.24, 2.45) is 0 Å². The average molecular weight is 212 g/mol. The lowest BCUT2D eigenvalue weighted by atomic mass is 10.1. The number of unbranched alkanes of at least 4 members (excludes halogenated alkanes) is 8. The second-order valence-corrected chi connectivity index (χ2v) is 4.19. The molecule has 0 aliphatic carbocycles. The van der Waals surface area contributed by atoms with E-state index in [1.165, 1.54) is 57.8 Å². The summed E-state index contributed by atoms with van der Waals surface area (Å²) in [6, 6.07) is 0. The van der Waals surface area contributed by atoms with Crippen molar-refractivity contribution < 1.29 is 4.74 Å².